The fraction of sp³-hybridized carbons (Fsp3) is 0.438. The zero-order valence-electron chi connectivity index (χ0n) is 13.5. The molecule has 2 atom stereocenters. The molecule has 2 heterocycles. The quantitative estimate of drug-likeness (QED) is 0.888. The van der Waals surface area contributed by atoms with Gasteiger partial charge in [0.05, 0.1) is 16.4 Å². The van der Waals surface area contributed by atoms with Gasteiger partial charge in [-0.15, -0.1) is 5.10 Å². The molecule has 2 N–H and O–H groups in total. The molecule has 3 rings (SSSR count). The summed E-state index contributed by atoms with van der Waals surface area (Å²) < 4.78 is 14.8. The van der Waals surface area contributed by atoms with E-state index in [1.807, 2.05) is 0 Å². The van der Waals surface area contributed by atoms with E-state index in [0.29, 0.717) is 17.3 Å². The van der Waals surface area contributed by atoms with Crippen LogP contribution in [0.5, 0.6) is 0 Å². The van der Waals surface area contributed by atoms with Crippen LogP contribution in [0, 0.1) is 18.7 Å². The molecule has 0 aliphatic carbocycles. The van der Waals surface area contributed by atoms with Gasteiger partial charge in [-0.2, -0.15) is 0 Å². The summed E-state index contributed by atoms with van der Waals surface area (Å²) in [6, 6.07) is 4.37. The summed E-state index contributed by atoms with van der Waals surface area (Å²) >= 11 is 5.81. The van der Waals surface area contributed by atoms with E-state index in [-0.39, 0.29) is 22.7 Å². The number of rotatable bonds is 3. The van der Waals surface area contributed by atoms with E-state index in [1.54, 1.807) is 13.0 Å². The Balaban J connectivity index is 1.81. The first-order valence-electron chi connectivity index (χ1n) is 7.86. The largest absolute Gasteiger partial charge is 0.347 e. The van der Waals surface area contributed by atoms with E-state index in [4.69, 9.17) is 11.6 Å². The lowest BCUT2D eigenvalue weighted by Crippen LogP contribution is -2.48. The first kappa shape index (κ1) is 16.9. The first-order chi connectivity index (χ1) is 11.5. The number of hydrogen-bond donors (Lipinski definition) is 2. The van der Waals surface area contributed by atoms with Gasteiger partial charge in [0.25, 0.3) is 5.91 Å². The molecule has 1 aromatic carbocycles. The molecular formula is C16H19ClFN5O. The molecule has 24 heavy (non-hydrogen) atoms. The molecule has 1 aliphatic rings. The van der Waals surface area contributed by atoms with Crippen molar-refractivity contribution in [2.45, 2.75) is 26.3 Å². The summed E-state index contributed by atoms with van der Waals surface area (Å²) in [4.78, 5) is 12.5. The van der Waals surface area contributed by atoms with Gasteiger partial charge in [0, 0.05) is 6.04 Å². The first-order valence-corrected chi connectivity index (χ1v) is 8.24. The van der Waals surface area contributed by atoms with Crippen LogP contribution in [0.25, 0.3) is 5.69 Å². The van der Waals surface area contributed by atoms with Crippen molar-refractivity contribution in [2.75, 3.05) is 13.1 Å². The number of nitrogens with zero attached hydrogens (tertiary/aromatic N) is 3. The highest BCUT2D eigenvalue weighted by Crippen LogP contribution is 2.20. The second kappa shape index (κ2) is 6.86. The van der Waals surface area contributed by atoms with Gasteiger partial charge in [-0.1, -0.05) is 23.7 Å². The van der Waals surface area contributed by atoms with Crippen LogP contribution in [0.2, 0.25) is 5.02 Å². The molecule has 1 aliphatic heterocycles. The Bertz CT molecular complexity index is 763. The van der Waals surface area contributed by atoms with Crippen LogP contribution in [0.1, 0.15) is 29.5 Å². The minimum Gasteiger partial charge on any atom is -0.347 e. The maximum absolute atomic E-state index is 13.3. The van der Waals surface area contributed by atoms with Gasteiger partial charge in [0.2, 0.25) is 0 Å². The maximum atomic E-state index is 13.3. The van der Waals surface area contributed by atoms with Crippen LogP contribution < -0.4 is 10.6 Å². The third-order valence-electron chi connectivity index (χ3n) is 4.36. The molecule has 1 fully saturated rings. The van der Waals surface area contributed by atoms with Crippen LogP contribution in [-0.2, 0) is 0 Å². The molecular weight excluding hydrogens is 333 g/mol. The lowest BCUT2D eigenvalue weighted by Gasteiger charge is -2.29. The summed E-state index contributed by atoms with van der Waals surface area (Å²) in [5.41, 5.74) is 1.40. The van der Waals surface area contributed by atoms with Gasteiger partial charge >= 0.3 is 0 Å². The highest BCUT2D eigenvalue weighted by Gasteiger charge is 2.25. The highest BCUT2D eigenvalue weighted by atomic mass is 35.5. The number of nitrogens with one attached hydrogen (secondary N) is 2. The van der Waals surface area contributed by atoms with Gasteiger partial charge < -0.3 is 10.6 Å². The third kappa shape index (κ3) is 3.27. The smallest absolute Gasteiger partial charge is 0.273 e. The number of benzene rings is 1. The zero-order valence-corrected chi connectivity index (χ0v) is 14.3. The Kier molecular flexibility index (Phi) is 4.82. The molecule has 1 aromatic heterocycles. The Hall–Kier alpha value is -1.99. The Morgan fingerprint density at radius 1 is 1.50 bits per heavy atom. The van der Waals surface area contributed by atoms with E-state index in [2.05, 4.69) is 27.9 Å². The molecule has 8 heteroatoms. The van der Waals surface area contributed by atoms with Gasteiger partial charge in [-0.05, 0) is 50.6 Å². The molecule has 1 amide bonds. The standard InChI is InChI=1S/C16H19ClFN5O/c1-9-8-19-6-5-14(9)20-16(24)15-10(2)23(22-21-15)11-3-4-13(18)12(17)7-11/h3-4,7,9,14,19H,5-6,8H2,1-2H3,(H,20,24). The van der Waals surface area contributed by atoms with Crippen molar-refractivity contribution in [1.82, 2.24) is 25.6 Å². The van der Waals surface area contributed by atoms with E-state index in [1.165, 1.54) is 16.8 Å². The molecule has 2 aromatic rings. The van der Waals surface area contributed by atoms with Crippen molar-refractivity contribution < 1.29 is 9.18 Å². The predicted molar refractivity (Wildman–Crippen MR) is 89.0 cm³/mol. The molecule has 128 valence electrons. The van der Waals surface area contributed by atoms with E-state index >= 15 is 0 Å². The number of hydrogen-bond acceptors (Lipinski definition) is 4. The normalized spacial score (nSPS) is 20.8. The van der Waals surface area contributed by atoms with Gasteiger partial charge in [-0.3, -0.25) is 4.79 Å². The molecule has 6 nitrogen and oxygen atoms in total. The van der Waals surface area contributed by atoms with Crippen molar-refractivity contribution in [3.05, 3.63) is 40.4 Å². The summed E-state index contributed by atoms with van der Waals surface area (Å²) in [6.45, 7) is 5.61. The fourth-order valence-electron chi connectivity index (χ4n) is 2.87. The number of carbonyl (C=O) groups is 1. The number of halogens is 2. The second-order valence-electron chi connectivity index (χ2n) is 6.08. The monoisotopic (exact) mass is 351 g/mol. The average Bonchev–Trinajstić information content (AvgIpc) is 2.94. The molecule has 0 radical (unpaired) electrons. The van der Waals surface area contributed by atoms with Crippen LogP contribution in [0.4, 0.5) is 4.39 Å². The fourth-order valence-corrected chi connectivity index (χ4v) is 3.04. The van der Waals surface area contributed by atoms with Crippen molar-refractivity contribution in [3.8, 4) is 5.69 Å². The van der Waals surface area contributed by atoms with Gasteiger partial charge in [0.1, 0.15) is 5.82 Å². The lowest BCUT2D eigenvalue weighted by atomic mass is 9.95. The maximum Gasteiger partial charge on any atom is 0.273 e. The second-order valence-corrected chi connectivity index (χ2v) is 6.49. The van der Waals surface area contributed by atoms with E-state index < -0.39 is 5.82 Å². The minimum absolute atomic E-state index is 0.00284. The van der Waals surface area contributed by atoms with Gasteiger partial charge in [0.15, 0.2) is 5.69 Å². The summed E-state index contributed by atoms with van der Waals surface area (Å²) in [5, 5.41) is 14.3. The summed E-state index contributed by atoms with van der Waals surface area (Å²) in [6.07, 6.45) is 0.883. The molecule has 0 saturated carbocycles. The highest BCUT2D eigenvalue weighted by molar-refractivity contribution is 6.30. The Morgan fingerprint density at radius 2 is 2.29 bits per heavy atom. The van der Waals surface area contributed by atoms with Crippen LogP contribution in [0.3, 0.4) is 0 Å². The van der Waals surface area contributed by atoms with Crippen molar-refractivity contribution in [3.63, 3.8) is 0 Å². The SMILES string of the molecule is Cc1c(C(=O)NC2CCNCC2C)nnn1-c1ccc(F)c(Cl)c1. The minimum atomic E-state index is -0.504. The number of aromatic nitrogens is 3. The average molecular weight is 352 g/mol. The predicted octanol–water partition coefficient (Wildman–Crippen LogP) is 2.10. The van der Waals surface area contributed by atoms with E-state index in [0.717, 1.165) is 19.5 Å². The van der Waals surface area contributed by atoms with Crippen LogP contribution in [-0.4, -0.2) is 40.0 Å². The third-order valence-corrected chi connectivity index (χ3v) is 4.65. The number of amides is 1. The molecule has 1 saturated heterocycles. The number of piperidine rings is 1. The number of carbonyl (C=O) groups excluding carboxylic acids is 1. The molecule has 0 bridgehead atoms. The van der Waals surface area contributed by atoms with Gasteiger partial charge in [-0.25, -0.2) is 9.07 Å². The Morgan fingerprint density at radius 3 is 3.00 bits per heavy atom. The van der Waals surface area contributed by atoms with Crippen LogP contribution in [0.15, 0.2) is 18.2 Å². The van der Waals surface area contributed by atoms with Crippen molar-refractivity contribution in [1.29, 1.82) is 0 Å². The lowest BCUT2D eigenvalue weighted by molar-refractivity contribution is 0.0908. The van der Waals surface area contributed by atoms with Crippen molar-refractivity contribution >= 4 is 17.5 Å². The summed E-state index contributed by atoms with van der Waals surface area (Å²) in [7, 11) is 0. The zero-order chi connectivity index (χ0) is 17.3. The van der Waals surface area contributed by atoms with Crippen molar-refractivity contribution in [2.24, 2.45) is 5.92 Å². The van der Waals surface area contributed by atoms with Crippen LogP contribution >= 0.6 is 11.6 Å². The van der Waals surface area contributed by atoms with E-state index in [9.17, 15) is 9.18 Å². The molecule has 2 unspecified atom stereocenters. The summed E-state index contributed by atoms with van der Waals surface area (Å²) in [5.74, 6) is -0.393. The topological polar surface area (TPSA) is 71.8 Å². The molecule has 0 spiro atoms. The Labute approximate surface area is 144 Å².